The molecule has 0 aromatic heterocycles. The minimum Gasteiger partial charge on any atom is -0.370 e. The minimum absolute atomic E-state index is 0.0828. The summed E-state index contributed by atoms with van der Waals surface area (Å²) in [7, 11) is 0. The van der Waals surface area contributed by atoms with E-state index in [1.807, 2.05) is 0 Å². The molecule has 1 heteroatoms. The van der Waals surface area contributed by atoms with E-state index in [0.717, 1.165) is 13.0 Å². The largest absolute Gasteiger partial charge is 0.370 e. The van der Waals surface area contributed by atoms with Crippen LogP contribution in [-0.2, 0) is 4.74 Å². The molecule has 1 aliphatic heterocycles. The SMILES string of the molecule is CCC1(C)OCC(C)=CC1C. The average molecular weight is 154 g/mol. The first-order valence-corrected chi connectivity index (χ1v) is 4.40. The van der Waals surface area contributed by atoms with Gasteiger partial charge in [-0.1, -0.05) is 25.5 Å². The van der Waals surface area contributed by atoms with Crippen LogP contribution >= 0.6 is 0 Å². The molecule has 0 aliphatic carbocycles. The molecule has 0 radical (unpaired) electrons. The molecule has 11 heavy (non-hydrogen) atoms. The van der Waals surface area contributed by atoms with Gasteiger partial charge in [-0.25, -0.2) is 0 Å². The van der Waals surface area contributed by atoms with Crippen LogP contribution in [0.4, 0.5) is 0 Å². The molecular formula is C10H18O. The van der Waals surface area contributed by atoms with E-state index in [0.29, 0.717) is 5.92 Å². The highest BCUT2D eigenvalue weighted by Crippen LogP contribution is 2.31. The van der Waals surface area contributed by atoms with Crippen LogP contribution in [0.3, 0.4) is 0 Å². The van der Waals surface area contributed by atoms with Crippen molar-refractivity contribution in [3.63, 3.8) is 0 Å². The van der Waals surface area contributed by atoms with Gasteiger partial charge >= 0.3 is 0 Å². The fourth-order valence-corrected chi connectivity index (χ4v) is 1.49. The molecule has 0 aromatic carbocycles. The van der Waals surface area contributed by atoms with Crippen molar-refractivity contribution in [2.45, 2.75) is 39.7 Å². The fourth-order valence-electron chi connectivity index (χ4n) is 1.49. The van der Waals surface area contributed by atoms with E-state index < -0.39 is 0 Å². The highest BCUT2D eigenvalue weighted by atomic mass is 16.5. The number of ether oxygens (including phenoxy) is 1. The predicted octanol–water partition coefficient (Wildman–Crippen LogP) is 2.77. The second kappa shape index (κ2) is 2.98. The Labute approximate surface area is 69.4 Å². The van der Waals surface area contributed by atoms with Crippen molar-refractivity contribution in [2.24, 2.45) is 5.92 Å². The quantitative estimate of drug-likeness (QED) is 0.528. The molecule has 2 atom stereocenters. The van der Waals surface area contributed by atoms with Crippen molar-refractivity contribution < 1.29 is 4.74 Å². The summed E-state index contributed by atoms with van der Waals surface area (Å²) in [5.74, 6) is 0.557. The van der Waals surface area contributed by atoms with Gasteiger partial charge in [0, 0.05) is 5.92 Å². The Kier molecular flexibility index (Phi) is 2.38. The van der Waals surface area contributed by atoms with Gasteiger partial charge in [-0.3, -0.25) is 0 Å². The van der Waals surface area contributed by atoms with E-state index >= 15 is 0 Å². The van der Waals surface area contributed by atoms with Crippen molar-refractivity contribution in [3.05, 3.63) is 11.6 Å². The lowest BCUT2D eigenvalue weighted by atomic mass is 9.85. The van der Waals surface area contributed by atoms with Gasteiger partial charge in [0.25, 0.3) is 0 Å². The monoisotopic (exact) mass is 154 g/mol. The van der Waals surface area contributed by atoms with Crippen molar-refractivity contribution in [1.82, 2.24) is 0 Å². The van der Waals surface area contributed by atoms with Gasteiger partial charge in [0.1, 0.15) is 0 Å². The number of rotatable bonds is 1. The zero-order valence-corrected chi connectivity index (χ0v) is 7.98. The molecule has 0 amide bonds. The average Bonchev–Trinajstić information content (AvgIpc) is 1.98. The van der Waals surface area contributed by atoms with E-state index in [1.165, 1.54) is 5.57 Å². The van der Waals surface area contributed by atoms with E-state index in [2.05, 4.69) is 33.8 Å². The Hall–Kier alpha value is -0.300. The molecular weight excluding hydrogens is 136 g/mol. The lowest BCUT2D eigenvalue weighted by Crippen LogP contribution is -2.38. The third kappa shape index (κ3) is 1.64. The third-order valence-corrected chi connectivity index (χ3v) is 2.83. The molecule has 0 saturated heterocycles. The second-order valence-corrected chi connectivity index (χ2v) is 3.76. The molecule has 0 bridgehead atoms. The molecule has 0 fully saturated rings. The topological polar surface area (TPSA) is 9.23 Å². The van der Waals surface area contributed by atoms with E-state index in [9.17, 15) is 0 Å². The lowest BCUT2D eigenvalue weighted by molar-refractivity contribution is -0.0587. The zero-order chi connectivity index (χ0) is 8.48. The summed E-state index contributed by atoms with van der Waals surface area (Å²) < 4.78 is 5.77. The van der Waals surface area contributed by atoms with Crippen molar-refractivity contribution in [3.8, 4) is 0 Å². The van der Waals surface area contributed by atoms with Crippen LogP contribution in [0.5, 0.6) is 0 Å². The minimum atomic E-state index is 0.0828. The zero-order valence-electron chi connectivity index (χ0n) is 7.98. The van der Waals surface area contributed by atoms with Crippen molar-refractivity contribution >= 4 is 0 Å². The summed E-state index contributed by atoms with van der Waals surface area (Å²) in [5.41, 5.74) is 1.45. The maximum atomic E-state index is 5.77. The van der Waals surface area contributed by atoms with Crippen LogP contribution in [0.25, 0.3) is 0 Å². The van der Waals surface area contributed by atoms with Gasteiger partial charge in [0.2, 0.25) is 0 Å². The van der Waals surface area contributed by atoms with Gasteiger partial charge in [-0.2, -0.15) is 0 Å². The third-order valence-electron chi connectivity index (χ3n) is 2.83. The highest BCUT2D eigenvalue weighted by molar-refractivity contribution is 5.09. The Morgan fingerprint density at radius 2 is 2.36 bits per heavy atom. The van der Waals surface area contributed by atoms with Crippen LogP contribution in [0.1, 0.15) is 34.1 Å². The molecule has 0 aromatic rings. The Morgan fingerprint density at radius 3 is 2.82 bits per heavy atom. The first-order chi connectivity index (χ1) is 5.08. The highest BCUT2D eigenvalue weighted by Gasteiger charge is 2.31. The van der Waals surface area contributed by atoms with Gasteiger partial charge < -0.3 is 4.74 Å². The van der Waals surface area contributed by atoms with Crippen LogP contribution in [-0.4, -0.2) is 12.2 Å². The first-order valence-electron chi connectivity index (χ1n) is 4.40. The van der Waals surface area contributed by atoms with Crippen LogP contribution in [0.15, 0.2) is 11.6 Å². The van der Waals surface area contributed by atoms with Gasteiger partial charge in [0.15, 0.2) is 0 Å². The van der Waals surface area contributed by atoms with Crippen LogP contribution in [0, 0.1) is 5.92 Å². The smallest absolute Gasteiger partial charge is 0.0716 e. The fraction of sp³-hybridized carbons (Fsp3) is 0.800. The Balaban J connectivity index is 2.74. The molecule has 0 N–H and O–H groups in total. The van der Waals surface area contributed by atoms with Crippen LogP contribution < -0.4 is 0 Å². The summed E-state index contributed by atoms with van der Waals surface area (Å²) in [6.07, 6.45) is 3.42. The Bertz CT molecular complexity index is 172. The second-order valence-electron chi connectivity index (χ2n) is 3.76. The maximum absolute atomic E-state index is 5.77. The van der Waals surface area contributed by atoms with Crippen molar-refractivity contribution in [1.29, 1.82) is 0 Å². The number of hydrogen-bond acceptors (Lipinski definition) is 1. The summed E-state index contributed by atoms with van der Waals surface area (Å²) >= 11 is 0. The molecule has 2 unspecified atom stereocenters. The van der Waals surface area contributed by atoms with Crippen molar-refractivity contribution in [2.75, 3.05) is 6.61 Å². The summed E-state index contributed by atoms with van der Waals surface area (Å²) in [6.45, 7) is 9.55. The molecule has 1 aliphatic rings. The first kappa shape index (κ1) is 8.79. The Morgan fingerprint density at radius 1 is 1.73 bits per heavy atom. The van der Waals surface area contributed by atoms with E-state index in [-0.39, 0.29) is 5.60 Å². The molecule has 1 rings (SSSR count). The van der Waals surface area contributed by atoms with E-state index in [4.69, 9.17) is 4.74 Å². The van der Waals surface area contributed by atoms with Gasteiger partial charge in [0.05, 0.1) is 12.2 Å². The van der Waals surface area contributed by atoms with Gasteiger partial charge in [-0.15, -0.1) is 0 Å². The lowest BCUT2D eigenvalue weighted by Gasteiger charge is -2.37. The normalized spacial score (nSPS) is 38.5. The summed E-state index contributed by atoms with van der Waals surface area (Å²) in [5, 5.41) is 0. The van der Waals surface area contributed by atoms with Crippen LogP contribution in [0.2, 0.25) is 0 Å². The summed E-state index contributed by atoms with van der Waals surface area (Å²) in [4.78, 5) is 0. The summed E-state index contributed by atoms with van der Waals surface area (Å²) in [6, 6.07) is 0. The van der Waals surface area contributed by atoms with Gasteiger partial charge in [-0.05, 0) is 20.3 Å². The molecule has 0 saturated carbocycles. The molecule has 1 heterocycles. The molecule has 1 nitrogen and oxygen atoms in total. The molecule has 0 spiro atoms. The maximum Gasteiger partial charge on any atom is 0.0716 e. The standard InChI is InChI=1S/C10H18O/c1-5-10(4)9(3)6-8(2)7-11-10/h6,9H,5,7H2,1-4H3. The number of hydrogen-bond donors (Lipinski definition) is 0. The van der Waals surface area contributed by atoms with E-state index in [1.54, 1.807) is 0 Å². The molecule has 64 valence electrons. The predicted molar refractivity (Wildman–Crippen MR) is 47.6 cm³/mol.